The molecule has 4 rings (SSSR count). The van der Waals surface area contributed by atoms with Crippen molar-refractivity contribution in [2.45, 2.75) is 0 Å². The highest BCUT2D eigenvalue weighted by atomic mass is 35.5. The van der Waals surface area contributed by atoms with Gasteiger partial charge in [-0.2, -0.15) is 0 Å². The Balaban J connectivity index is 1.81. The molecule has 1 heterocycles. The predicted molar refractivity (Wildman–Crippen MR) is 121 cm³/mol. The molecule has 0 spiro atoms. The largest absolute Gasteiger partial charge is 0.497 e. The Labute approximate surface area is 184 Å². The second-order valence-electron chi connectivity index (χ2n) is 6.91. The molecule has 31 heavy (non-hydrogen) atoms. The van der Waals surface area contributed by atoms with E-state index in [1.165, 1.54) is 17.0 Å². The van der Waals surface area contributed by atoms with Crippen molar-refractivity contribution in [2.24, 2.45) is 0 Å². The van der Waals surface area contributed by atoms with E-state index in [2.05, 4.69) is 0 Å². The molecule has 0 atom stereocenters. The van der Waals surface area contributed by atoms with Gasteiger partial charge in [-0.3, -0.25) is 9.69 Å². The number of hydrogen-bond acceptors (Lipinski definition) is 3. The molecule has 0 aliphatic carbocycles. The average molecular weight is 432 g/mol. The lowest BCUT2D eigenvalue weighted by Crippen LogP contribution is -2.25. The molecular formula is C25H18ClNO4. The van der Waals surface area contributed by atoms with Crippen LogP contribution in [0, 0.1) is 0 Å². The van der Waals surface area contributed by atoms with E-state index < -0.39 is 5.97 Å². The lowest BCUT2D eigenvalue weighted by Gasteiger charge is -2.21. The first-order chi connectivity index (χ1) is 15.0. The summed E-state index contributed by atoms with van der Waals surface area (Å²) in [6.45, 7) is 0. The van der Waals surface area contributed by atoms with Crippen LogP contribution in [0.25, 0.3) is 11.8 Å². The monoisotopic (exact) mass is 431 g/mol. The molecule has 1 amide bonds. The molecule has 0 fully saturated rings. The summed E-state index contributed by atoms with van der Waals surface area (Å²) >= 11 is 6.03. The number of carboxylic acids is 1. The highest BCUT2D eigenvalue weighted by Crippen LogP contribution is 2.36. The highest BCUT2D eigenvalue weighted by molar-refractivity contribution is 6.30. The third-order valence-corrected chi connectivity index (χ3v) is 5.16. The normalized spacial score (nSPS) is 14.6. The Morgan fingerprint density at radius 2 is 1.74 bits per heavy atom. The smallest absolute Gasteiger partial charge is 0.335 e. The number of hydrogen-bond donors (Lipinski definition) is 1. The number of carboxylic acid groups (broad SMARTS) is 1. The van der Waals surface area contributed by atoms with Crippen molar-refractivity contribution in [1.29, 1.82) is 0 Å². The third kappa shape index (κ3) is 4.22. The Hall–Kier alpha value is -3.83. The van der Waals surface area contributed by atoms with Gasteiger partial charge < -0.3 is 9.84 Å². The predicted octanol–water partition coefficient (Wildman–Crippen LogP) is 5.52. The standard InChI is InChI=1S/C25H18ClNO4/c1-31-22-11-5-16(6-12-22)13-19-15-23(17-7-9-20(26)10-8-17)27(24(19)28)21-4-2-3-18(14-21)25(29)30/h2-15H,1H3,(H,29,30)/b19-13-. The number of carbonyl (C=O) groups is 2. The molecule has 0 saturated heterocycles. The number of nitrogens with zero attached hydrogens (tertiary/aromatic N) is 1. The maximum atomic E-state index is 13.4. The quantitative estimate of drug-likeness (QED) is 0.540. The molecular weight excluding hydrogens is 414 g/mol. The molecule has 5 nitrogen and oxygen atoms in total. The number of aromatic carboxylic acids is 1. The van der Waals surface area contributed by atoms with Gasteiger partial charge in [0, 0.05) is 10.6 Å². The summed E-state index contributed by atoms with van der Waals surface area (Å²) in [5.41, 5.74) is 3.34. The molecule has 0 saturated carbocycles. The van der Waals surface area contributed by atoms with Crippen molar-refractivity contribution >= 4 is 40.9 Å². The molecule has 154 valence electrons. The minimum atomic E-state index is -1.06. The van der Waals surface area contributed by atoms with E-state index in [4.69, 9.17) is 16.3 Å². The van der Waals surface area contributed by atoms with Crippen LogP contribution in [-0.2, 0) is 4.79 Å². The molecule has 6 heteroatoms. The van der Waals surface area contributed by atoms with Crippen molar-refractivity contribution in [1.82, 2.24) is 0 Å². The second-order valence-corrected chi connectivity index (χ2v) is 7.34. The maximum absolute atomic E-state index is 13.4. The number of halogens is 1. The van der Waals surface area contributed by atoms with E-state index in [1.807, 2.05) is 36.4 Å². The van der Waals surface area contributed by atoms with Crippen LogP contribution < -0.4 is 9.64 Å². The van der Waals surface area contributed by atoms with Crippen LogP contribution >= 0.6 is 11.6 Å². The van der Waals surface area contributed by atoms with Crippen LogP contribution in [-0.4, -0.2) is 24.1 Å². The Kier molecular flexibility index (Phi) is 5.60. The van der Waals surface area contributed by atoms with E-state index in [1.54, 1.807) is 43.5 Å². The van der Waals surface area contributed by atoms with Gasteiger partial charge in [0.1, 0.15) is 5.75 Å². The lowest BCUT2D eigenvalue weighted by molar-refractivity contribution is -0.113. The van der Waals surface area contributed by atoms with Crippen molar-refractivity contribution < 1.29 is 19.4 Å². The van der Waals surface area contributed by atoms with Gasteiger partial charge in [0.05, 0.1) is 24.1 Å². The number of anilines is 1. The SMILES string of the molecule is COc1ccc(/C=C2/C=C(c3ccc(Cl)cc3)N(c3cccc(C(=O)O)c3)C2=O)cc1. The van der Waals surface area contributed by atoms with Gasteiger partial charge in [-0.1, -0.05) is 41.9 Å². The van der Waals surface area contributed by atoms with Gasteiger partial charge in [-0.05, 0) is 65.7 Å². The highest BCUT2D eigenvalue weighted by Gasteiger charge is 2.30. The van der Waals surface area contributed by atoms with E-state index in [9.17, 15) is 14.7 Å². The van der Waals surface area contributed by atoms with Crippen LogP contribution in [0.15, 0.2) is 84.4 Å². The zero-order valence-electron chi connectivity index (χ0n) is 16.6. The lowest BCUT2D eigenvalue weighted by atomic mass is 10.1. The molecule has 3 aromatic rings. The molecule has 0 radical (unpaired) electrons. The first-order valence-electron chi connectivity index (χ1n) is 9.47. The molecule has 0 bridgehead atoms. The molecule has 1 N–H and O–H groups in total. The molecule has 0 unspecified atom stereocenters. The zero-order chi connectivity index (χ0) is 22.0. The topological polar surface area (TPSA) is 66.8 Å². The summed E-state index contributed by atoms with van der Waals surface area (Å²) in [6, 6.07) is 20.8. The van der Waals surface area contributed by atoms with Crippen LogP contribution in [0.5, 0.6) is 5.75 Å². The third-order valence-electron chi connectivity index (χ3n) is 4.91. The van der Waals surface area contributed by atoms with Gasteiger partial charge in [-0.15, -0.1) is 0 Å². The first-order valence-corrected chi connectivity index (χ1v) is 9.85. The van der Waals surface area contributed by atoms with Crippen LogP contribution in [0.4, 0.5) is 5.69 Å². The molecule has 1 aliphatic heterocycles. The number of rotatable bonds is 5. The van der Waals surface area contributed by atoms with Gasteiger partial charge >= 0.3 is 5.97 Å². The summed E-state index contributed by atoms with van der Waals surface area (Å²) in [7, 11) is 1.60. The summed E-state index contributed by atoms with van der Waals surface area (Å²) in [6.07, 6.45) is 3.59. The fourth-order valence-corrected chi connectivity index (χ4v) is 3.49. The van der Waals surface area contributed by atoms with Crippen molar-refractivity contribution in [3.8, 4) is 5.75 Å². The van der Waals surface area contributed by atoms with Crippen LogP contribution in [0.3, 0.4) is 0 Å². The van der Waals surface area contributed by atoms with Crippen molar-refractivity contribution in [3.05, 3.63) is 106 Å². The van der Waals surface area contributed by atoms with Crippen molar-refractivity contribution in [2.75, 3.05) is 12.0 Å². The molecule has 1 aliphatic rings. The zero-order valence-corrected chi connectivity index (χ0v) is 17.3. The minimum absolute atomic E-state index is 0.105. The number of carbonyl (C=O) groups excluding carboxylic acids is 1. The number of ether oxygens (including phenoxy) is 1. The number of methoxy groups -OCH3 is 1. The van der Waals surface area contributed by atoms with Gasteiger partial charge in [0.25, 0.3) is 5.91 Å². The molecule has 3 aromatic carbocycles. The Bertz CT molecular complexity index is 1210. The fourth-order valence-electron chi connectivity index (χ4n) is 3.36. The Morgan fingerprint density at radius 1 is 1.03 bits per heavy atom. The fraction of sp³-hybridized carbons (Fsp3) is 0.0400. The summed E-state index contributed by atoms with van der Waals surface area (Å²) in [5.74, 6) is -0.577. The molecule has 0 aromatic heterocycles. The summed E-state index contributed by atoms with van der Waals surface area (Å²) < 4.78 is 5.18. The first kappa shape index (κ1) is 20.4. The maximum Gasteiger partial charge on any atom is 0.335 e. The summed E-state index contributed by atoms with van der Waals surface area (Å²) in [4.78, 5) is 26.3. The van der Waals surface area contributed by atoms with E-state index in [-0.39, 0.29) is 11.5 Å². The van der Waals surface area contributed by atoms with E-state index in [0.717, 1.165) is 16.9 Å². The van der Waals surface area contributed by atoms with Gasteiger partial charge in [-0.25, -0.2) is 4.79 Å². The second kappa shape index (κ2) is 8.50. The average Bonchev–Trinajstić information content (AvgIpc) is 3.10. The van der Waals surface area contributed by atoms with Crippen molar-refractivity contribution in [3.63, 3.8) is 0 Å². The number of benzene rings is 3. The van der Waals surface area contributed by atoms with E-state index in [0.29, 0.717) is 22.0 Å². The van der Waals surface area contributed by atoms with Crippen LogP contribution in [0.1, 0.15) is 21.5 Å². The van der Waals surface area contributed by atoms with Crippen LogP contribution in [0.2, 0.25) is 5.02 Å². The summed E-state index contributed by atoms with van der Waals surface area (Å²) in [5, 5.41) is 9.95. The van der Waals surface area contributed by atoms with Gasteiger partial charge in [0.2, 0.25) is 0 Å². The number of amides is 1. The van der Waals surface area contributed by atoms with E-state index >= 15 is 0 Å². The minimum Gasteiger partial charge on any atom is -0.497 e. The van der Waals surface area contributed by atoms with Gasteiger partial charge in [0.15, 0.2) is 0 Å². The Morgan fingerprint density at radius 3 is 2.39 bits per heavy atom.